The minimum absolute atomic E-state index is 0. The minimum Gasteiger partial charge on any atom is -0.147 e. The molecule has 6 heteroatoms. The fourth-order valence-electron chi connectivity index (χ4n) is 0. The van der Waals surface area contributed by atoms with Gasteiger partial charge in [-0.2, -0.15) is 0 Å². The molecule has 0 heterocycles. The largest absolute Gasteiger partial charge is 0.147 e. The van der Waals surface area contributed by atoms with E-state index >= 15 is 0 Å². The molecule has 0 aromatic heterocycles. The molecule has 0 atom stereocenters. The molecule has 0 saturated carbocycles. The van der Waals surface area contributed by atoms with Gasteiger partial charge in [0.05, 0.1) is 0 Å². The van der Waals surface area contributed by atoms with Gasteiger partial charge in [-0.15, -0.1) is 49.6 Å². The predicted molar refractivity (Wildman–Crippen MR) is 29.0 cm³/mol. The smallest absolute Gasteiger partial charge is 0 e. The average molecular weight is 622 g/mol. The molecule has 0 rings (SSSR count). The van der Waals surface area contributed by atoms with Crippen molar-refractivity contribution in [2.45, 2.75) is 0 Å². The maximum absolute atomic E-state index is 0. The second-order valence-electron chi connectivity index (χ2n) is 0. The second-order valence-corrected chi connectivity index (χ2v) is 0. The molecule has 0 amide bonds. The van der Waals surface area contributed by atoms with Gasteiger partial charge in [0, 0.05) is 62.2 Å². The third kappa shape index (κ3) is 26.8. The van der Waals surface area contributed by atoms with Crippen LogP contribution in [0.15, 0.2) is 0 Å². The summed E-state index contributed by atoms with van der Waals surface area (Å²) in [5.74, 6) is 0. The van der Waals surface area contributed by atoms with Crippen LogP contribution in [0.3, 0.4) is 0 Å². The Morgan fingerprint density at radius 3 is 0.333 bits per heavy atom. The summed E-state index contributed by atoms with van der Waals surface area (Å²) in [6, 6.07) is 0. The zero-order chi connectivity index (χ0) is 0. The maximum Gasteiger partial charge on any atom is 0 e. The Morgan fingerprint density at radius 2 is 0.333 bits per heavy atom. The predicted octanol–water partition coefficient (Wildman–Crippen LogP) is 1.69. The van der Waals surface area contributed by atoms with E-state index in [1.54, 1.807) is 0 Å². The summed E-state index contributed by atoms with van der Waals surface area (Å²) in [6.07, 6.45) is 0. The maximum atomic E-state index is 0. The molecule has 0 saturated heterocycles. The van der Waals surface area contributed by atoms with Crippen molar-refractivity contribution in [1.29, 1.82) is 0 Å². The number of hydrogen-bond donors (Lipinski definition) is 0. The molecule has 0 radical (unpaired) electrons. The Labute approximate surface area is 110 Å². The van der Waals surface area contributed by atoms with Crippen molar-refractivity contribution in [1.82, 2.24) is 0 Å². The molecule has 0 aliphatic heterocycles. The van der Waals surface area contributed by atoms with Gasteiger partial charge in [-0.05, 0) is 0 Å². The molecular weight excluding hydrogens is 618 g/mol. The summed E-state index contributed by atoms with van der Waals surface area (Å²) >= 11 is 0. The standard InChI is InChI=1S/4ClH.2U/h4*1H;;. The number of hydrogen-bond acceptors (Lipinski definition) is 0. The first-order valence-corrected chi connectivity index (χ1v) is 0. The zero-order valence-corrected chi connectivity index (χ0v) is 14.2. The van der Waals surface area contributed by atoms with Crippen LogP contribution in [0.2, 0.25) is 0 Å². The second kappa shape index (κ2) is 40.9. The minimum atomic E-state index is 0. The van der Waals surface area contributed by atoms with Gasteiger partial charge < -0.3 is 0 Å². The summed E-state index contributed by atoms with van der Waals surface area (Å²) in [6.45, 7) is 0. The zero-order valence-electron chi connectivity index (χ0n) is 2.63. The van der Waals surface area contributed by atoms with Gasteiger partial charge >= 0.3 is 0 Å². The summed E-state index contributed by atoms with van der Waals surface area (Å²) in [4.78, 5) is 0. The Balaban J connectivity index is 0. The van der Waals surface area contributed by atoms with Crippen LogP contribution in [0.4, 0.5) is 0 Å². The fourth-order valence-corrected chi connectivity index (χ4v) is 0. The first kappa shape index (κ1) is 59.4. The first-order chi connectivity index (χ1) is 0. The van der Waals surface area contributed by atoms with Crippen molar-refractivity contribution < 1.29 is 62.2 Å². The van der Waals surface area contributed by atoms with E-state index in [2.05, 4.69) is 0 Å². The van der Waals surface area contributed by atoms with Gasteiger partial charge in [0.15, 0.2) is 0 Å². The van der Waals surface area contributed by atoms with Crippen LogP contribution >= 0.6 is 49.6 Å². The molecule has 0 aromatic carbocycles. The molecule has 0 unspecified atom stereocenters. The Morgan fingerprint density at radius 1 is 0.333 bits per heavy atom. The first-order valence-electron chi connectivity index (χ1n) is 0. The summed E-state index contributed by atoms with van der Waals surface area (Å²) < 4.78 is 0. The molecule has 6 heavy (non-hydrogen) atoms. The van der Waals surface area contributed by atoms with Crippen LogP contribution in [-0.4, -0.2) is 0 Å². The molecule has 0 spiro atoms. The van der Waals surface area contributed by atoms with Crippen LogP contribution in [-0.2, 0) is 0 Å². The van der Waals surface area contributed by atoms with Crippen molar-refractivity contribution in [2.24, 2.45) is 0 Å². The average Bonchev–Trinajstić information content (AvgIpc) is 0. The van der Waals surface area contributed by atoms with Gasteiger partial charge in [0.1, 0.15) is 0 Å². The van der Waals surface area contributed by atoms with E-state index in [1.807, 2.05) is 0 Å². The quantitative estimate of drug-likeness (QED) is 0.387. The van der Waals surface area contributed by atoms with Crippen LogP contribution in [0.1, 0.15) is 0 Å². The van der Waals surface area contributed by atoms with E-state index in [4.69, 9.17) is 0 Å². The third-order valence-corrected chi connectivity index (χ3v) is 0. The molecular formula is H4Cl4U2. The van der Waals surface area contributed by atoms with Gasteiger partial charge in [0.2, 0.25) is 0 Å². The van der Waals surface area contributed by atoms with E-state index in [9.17, 15) is 0 Å². The van der Waals surface area contributed by atoms with E-state index in [0.29, 0.717) is 0 Å². The topological polar surface area (TPSA) is 0 Å². The van der Waals surface area contributed by atoms with Crippen LogP contribution in [0.5, 0.6) is 0 Å². The molecule has 0 bridgehead atoms. The number of halogens is 4. The van der Waals surface area contributed by atoms with Crippen LogP contribution < -0.4 is 0 Å². The molecule has 0 aliphatic carbocycles. The monoisotopic (exact) mass is 620 g/mol. The van der Waals surface area contributed by atoms with Crippen molar-refractivity contribution in [3.63, 3.8) is 0 Å². The summed E-state index contributed by atoms with van der Waals surface area (Å²) in [5.41, 5.74) is 0. The molecule has 40 valence electrons. The normalized spacial score (nSPS) is 0. The molecule has 0 N–H and O–H groups in total. The van der Waals surface area contributed by atoms with Crippen molar-refractivity contribution in [2.75, 3.05) is 0 Å². The number of rotatable bonds is 0. The van der Waals surface area contributed by atoms with E-state index in [0.717, 1.165) is 0 Å². The molecule has 0 aromatic rings. The fraction of sp³-hybridized carbons (Fsp3) is 0. The van der Waals surface area contributed by atoms with Crippen molar-refractivity contribution in [3.05, 3.63) is 0 Å². The molecule has 0 aliphatic rings. The Bertz CT molecular complexity index is 5.51. The SMILES string of the molecule is Cl.Cl.Cl.Cl.[U].[U]. The summed E-state index contributed by atoms with van der Waals surface area (Å²) in [5, 5.41) is 0. The van der Waals surface area contributed by atoms with E-state index in [-0.39, 0.29) is 112 Å². The van der Waals surface area contributed by atoms with Gasteiger partial charge in [0.25, 0.3) is 0 Å². The van der Waals surface area contributed by atoms with Crippen LogP contribution in [0.25, 0.3) is 0 Å². The summed E-state index contributed by atoms with van der Waals surface area (Å²) in [7, 11) is 0. The van der Waals surface area contributed by atoms with Gasteiger partial charge in [-0.3, -0.25) is 0 Å². The van der Waals surface area contributed by atoms with E-state index < -0.39 is 0 Å². The Kier molecular flexibility index (Phi) is 405. The Hall–Kier alpha value is 3.26. The van der Waals surface area contributed by atoms with Gasteiger partial charge in [-0.25, -0.2) is 0 Å². The molecule has 0 nitrogen and oxygen atoms in total. The van der Waals surface area contributed by atoms with Gasteiger partial charge in [-0.1, -0.05) is 0 Å². The molecule has 0 fully saturated rings. The third-order valence-electron chi connectivity index (χ3n) is 0. The van der Waals surface area contributed by atoms with Crippen molar-refractivity contribution >= 4 is 49.6 Å². The van der Waals surface area contributed by atoms with E-state index in [1.165, 1.54) is 0 Å². The van der Waals surface area contributed by atoms with Crippen LogP contribution in [0, 0.1) is 62.2 Å². The van der Waals surface area contributed by atoms with Crippen molar-refractivity contribution in [3.8, 4) is 0 Å².